The van der Waals surface area contributed by atoms with Gasteiger partial charge in [0.1, 0.15) is 0 Å². The molecule has 1 atom stereocenters. The van der Waals surface area contributed by atoms with Crippen LogP contribution in [-0.2, 0) is 14.8 Å². The van der Waals surface area contributed by atoms with E-state index in [1.807, 2.05) is 13.8 Å². The summed E-state index contributed by atoms with van der Waals surface area (Å²) in [4.78, 5) is 0. The maximum atomic E-state index is 12.0. The van der Waals surface area contributed by atoms with Crippen LogP contribution in [0.4, 0.5) is 0 Å². The Morgan fingerprint density at radius 2 is 2.25 bits per heavy atom. The van der Waals surface area contributed by atoms with Gasteiger partial charge in [0.05, 0.1) is 11.9 Å². The van der Waals surface area contributed by atoms with E-state index in [0.29, 0.717) is 26.2 Å². The van der Waals surface area contributed by atoms with Crippen molar-refractivity contribution in [3.63, 3.8) is 0 Å². The Bertz CT molecular complexity index is 292. The summed E-state index contributed by atoms with van der Waals surface area (Å²) in [6.07, 6.45) is 0.779. The Balaban J connectivity index is 2.52. The maximum absolute atomic E-state index is 12.0. The van der Waals surface area contributed by atoms with Crippen LogP contribution in [0.5, 0.6) is 0 Å². The first-order chi connectivity index (χ1) is 7.56. The Labute approximate surface area is 98.2 Å². The predicted molar refractivity (Wildman–Crippen MR) is 63.9 cm³/mol. The van der Waals surface area contributed by atoms with Gasteiger partial charge in [0.2, 0.25) is 10.0 Å². The van der Waals surface area contributed by atoms with Crippen molar-refractivity contribution in [3.8, 4) is 0 Å². The van der Waals surface area contributed by atoms with Gasteiger partial charge in [-0.2, -0.15) is 4.31 Å². The lowest BCUT2D eigenvalue weighted by Gasteiger charge is -2.21. The molecule has 1 aliphatic heterocycles. The molecule has 1 rings (SSSR count). The van der Waals surface area contributed by atoms with Crippen molar-refractivity contribution in [2.45, 2.75) is 26.4 Å². The summed E-state index contributed by atoms with van der Waals surface area (Å²) < 4.78 is 31.0. The molecule has 0 aromatic heterocycles. The van der Waals surface area contributed by atoms with E-state index in [1.54, 1.807) is 4.31 Å². The Morgan fingerprint density at radius 1 is 1.50 bits per heavy atom. The molecule has 1 unspecified atom stereocenters. The zero-order chi connectivity index (χ0) is 12.0. The topological polar surface area (TPSA) is 58.6 Å². The van der Waals surface area contributed by atoms with E-state index < -0.39 is 10.0 Å². The second-order valence-corrected chi connectivity index (χ2v) is 6.15. The maximum Gasteiger partial charge on any atom is 0.215 e. The fourth-order valence-electron chi connectivity index (χ4n) is 1.72. The van der Waals surface area contributed by atoms with Gasteiger partial charge in [-0.05, 0) is 19.9 Å². The predicted octanol–water partition coefficient (Wildman–Crippen LogP) is 0.0365. The van der Waals surface area contributed by atoms with Gasteiger partial charge in [-0.25, -0.2) is 8.42 Å². The number of hydrogen-bond donors (Lipinski definition) is 1. The van der Waals surface area contributed by atoms with E-state index in [2.05, 4.69) is 5.32 Å². The van der Waals surface area contributed by atoms with Gasteiger partial charge in [-0.15, -0.1) is 0 Å². The van der Waals surface area contributed by atoms with Crippen molar-refractivity contribution in [2.75, 3.05) is 38.5 Å². The number of nitrogens with one attached hydrogen (secondary N) is 1. The fourth-order valence-corrected chi connectivity index (χ4v) is 3.22. The minimum absolute atomic E-state index is 0.00332. The van der Waals surface area contributed by atoms with Crippen molar-refractivity contribution >= 4 is 10.0 Å². The zero-order valence-corrected chi connectivity index (χ0v) is 10.9. The molecule has 6 heteroatoms. The van der Waals surface area contributed by atoms with Crippen LogP contribution in [0.2, 0.25) is 0 Å². The average Bonchev–Trinajstić information content (AvgIpc) is 2.43. The minimum atomic E-state index is -3.12. The first kappa shape index (κ1) is 13.9. The second kappa shape index (κ2) is 6.54. The third kappa shape index (κ3) is 4.37. The summed E-state index contributed by atoms with van der Waals surface area (Å²) in [6.45, 7) is 6.92. The standard InChI is InChI=1S/C10H22N2O3S/c1-3-11-5-8-16(13,14)12-6-4-7-15-10(2)9-12/h10-11H,3-9H2,1-2H3. The van der Waals surface area contributed by atoms with Crippen LogP contribution in [0.15, 0.2) is 0 Å². The molecule has 1 saturated heterocycles. The molecule has 0 radical (unpaired) electrons. The first-order valence-electron chi connectivity index (χ1n) is 5.86. The molecule has 0 aromatic rings. The zero-order valence-electron chi connectivity index (χ0n) is 10.1. The van der Waals surface area contributed by atoms with E-state index in [1.165, 1.54) is 0 Å². The average molecular weight is 250 g/mol. The molecule has 0 aromatic carbocycles. The van der Waals surface area contributed by atoms with Crippen molar-refractivity contribution in [1.29, 1.82) is 0 Å². The molecule has 1 aliphatic rings. The third-order valence-corrected chi connectivity index (χ3v) is 4.43. The highest BCUT2D eigenvalue weighted by Crippen LogP contribution is 2.10. The van der Waals surface area contributed by atoms with Crippen molar-refractivity contribution in [1.82, 2.24) is 9.62 Å². The fraction of sp³-hybridized carbons (Fsp3) is 1.00. The van der Waals surface area contributed by atoms with E-state index in [-0.39, 0.29) is 11.9 Å². The molecule has 0 saturated carbocycles. The lowest BCUT2D eigenvalue weighted by atomic mass is 10.4. The van der Waals surface area contributed by atoms with Crippen molar-refractivity contribution in [3.05, 3.63) is 0 Å². The Hall–Kier alpha value is -0.170. The van der Waals surface area contributed by atoms with Gasteiger partial charge in [-0.1, -0.05) is 6.92 Å². The van der Waals surface area contributed by atoms with Gasteiger partial charge in [0.25, 0.3) is 0 Å². The van der Waals surface area contributed by atoms with Gasteiger partial charge < -0.3 is 10.1 Å². The molecule has 0 aliphatic carbocycles. The molecule has 0 bridgehead atoms. The highest BCUT2D eigenvalue weighted by molar-refractivity contribution is 7.89. The lowest BCUT2D eigenvalue weighted by Crippen LogP contribution is -2.39. The molecular formula is C10H22N2O3S. The number of nitrogens with zero attached hydrogens (tertiary/aromatic N) is 1. The van der Waals surface area contributed by atoms with E-state index >= 15 is 0 Å². The number of rotatable bonds is 5. The van der Waals surface area contributed by atoms with Gasteiger partial charge >= 0.3 is 0 Å². The summed E-state index contributed by atoms with van der Waals surface area (Å²) >= 11 is 0. The van der Waals surface area contributed by atoms with Crippen LogP contribution in [0.1, 0.15) is 20.3 Å². The Kier molecular flexibility index (Phi) is 5.68. The van der Waals surface area contributed by atoms with Crippen LogP contribution >= 0.6 is 0 Å². The number of sulfonamides is 1. The van der Waals surface area contributed by atoms with Crippen LogP contribution in [0, 0.1) is 0 Å². The molecule has 0 amide bonds. The summed E-state index contributed by atoms with van der Waals surface area (Å²) in [5.41, 5.74) is 0. The van der Waals surface area contributed by atoms with Gasteiger partial charge in [-0.3, -0.25) is 0 Å². The highest BCUT2D eigenvalue weighted by Gasteiger charge is 2.25. The second-order valence-electron chi connectivity index (χ2n) is 4.06. The first-order valence-corrected chi connectivity index (χ1v) is 7.47. The molecule has 1 fully saturated rings. The molecule has 16 heavy (non-hydrogen) atoms. The van der Waals surface area contributed by atoms with Crippen LogP contribution in [0.25, 0.3) is 0 Å². The number of hydrogen-bond acceptors (Lipinski definition) is 4. The monoisotopic (exact) mass is 250 g/mol. The molecule has 96 valence electrons. The SMILES string of the molecule is CCNCCS(=O)(=O)N1CCCOC(C)C1. The van der Waals surface area contributed by atoms with Gasteiger partial charge in [0, 0.05) is 26.2 Å². The van der Waals surface area contributed by atoms with E-state index in [0.717, 1.165) is 13.0 Å². The largest absolute Gasteiger partial charge is 0.377 e. The highest BCUT2D eigenvalue weighted by atomic mass is 32.2. The van der Waals surface area contributed by atoms with E-state index in [9.17, 15) is 8.42 Å². The smallest absolute Gasteiger partial charge is 0.215 e. The summed E-state index contributed by atoms with van der Waals surface area (Å²) in [5, 5.41) is 3.03. The van der Waals surface area contributed by atoms with E-state index in [4.69, 9.17) is 4.74 Å². The quantitative estimate of drug-likeness (QED) is 0.700. The minimum Gasteiger partial charge on any atom is -0.377 e. The molecule has 5 nitrogen and oxygen atoms in total. The van der Waals surface area contributed by atoms with Crippen LogP contribution < -0.4 is 5.32 Å². The molecule has 1 heterocycles. The van der Waals surface area contributed by atoms with Crippen LogP contribution in [0.3, 0.4) is 0 Å². The van der Waals surface area contributed by atoms with Crippen LogP contribution in [-0.4, -0.2) is 57.4 Å². The van der Waals surface area contributed by atoms with Gasteiger partial charge in [0.15, 0.2) is 0 Å². The number of ether oxygens (including phenoxy) is 1. The third-order valence-electron chi connectivity index (χ3n) is 2.60. The summed E-state index contributed by atoms with van der Waals surface area (Å²) in [6, 6.07) is 0. The summed E-state index contributed by atoms with van der Waals surface area (Å²) in [7, 11) is -3.12. The van der Waals surface area contributed by atoms with Crippen molar-refractivity contribution in [2.24, 2.45) is 0 Å². The molecular weight excluding hydrogens is 228 g/mol. The molecule has 0 spiro atoms. The summed E-state index contributed by atoms with van der Waals surface area (Å²) in [5.74, 6) is 0.174. The van der Waals surface area contributed by atoms with Crippen molar-refractivity contribution < 1.29 is 13.2 Å². The molecule has 1 N–H and O–H groups in total. The lowest BCUT2D eigenvalue weighted by molar-refractivity contribution is 0.0752. The Morgan fingerprint density at radius 3 is 2.94 bits per heavy atom. The normalized spacial score (nSPS) is 24.2.